The van der Waals surface area contributed by atoms with Gasteiger partial charge in [0, 0.05) is 24.2 Å². The number of ether oxygens (including phenoxy) is 2. The summed E-state index contributed by atoms with van der Waals surface area (Å²) < 4.78 is 39.7. The van der Waals surface area contributed by atoms with E-state index >= 15 is 0 Å². The molecule has 8 heteroatoms. The zero-order valence-electron chi connectivity index (χ0n) is 14.7. The molecule has 0 radical (unpaired) electrons. The normalized spacial score (nSPS) is 11.6. The summed E-state index contributed by atoms with van der Waals surface area (Å²) in [4.78, 5) is 16.9. The molecule has 0 unspecified atom stereocenters. The van der Waals surface area contributed by atoms with Gasteiger partial charge in [-0.05, 0) is 18.2 Å². The molecular weight excluding hydrogens is 374 g/mol. The zero-order valence-corrected chi connectivity index (χ0v) is 15.5. The molecule has 0 saturated carbocycles. The number of hydrogen-bond donors (Lipinski definition) is 0. The number of benzene rings is 2. The molecule has 27 heavy (non-hydrogen) atoms. The Morgan fingerprint density at radius 1 is 1.19 bits per heavy atom. The molecule has 0 saturated heterocycles. The van der Waals surface area contributed by atoms with Crippen molar-refractivity contribution in [1.29, 1.82) is 0 Å². The van der Waals surface area contributed by atoms with Crippen molar-refractivity contribution in [2.45, 2.75) is 6.54 Å². The molecule has 1 aromatic heterocycles. The first-order valence-electron chi connectivity index (χ1n) is 7.88. The first kappa shape index (κ1) is 18.8. The van der Waals surface area contributed by atoms with Gasteiger partial charge in [-0.2, -0.15) is 4.99 Å². The number of nitrogens with zero attached hydrogens (tertiary/aromatic N) is 2. The van der Waals surface area contributed by atoms with E-state index in [1.165, 1.54) is 31.6 Å². The van der Waals surface area contributed by atoms with Crippen molar-refractivity contribution >= 4 is 27.5 Å². The molecule has 0 atom stereocenters. The van der Waals surface area contributed by atoms with Crippen LogP contribution in [0.4, 0.5) is 8.78 Å². The largest absolute Gasteiger partial charge is 0.493 e. The first-order chi connectivity index (χ1) is 13.0. The highest BCUT2D eigenvalue weighted by molar-refractivity contribution is 7.16. The Morgan fingerprint density at radius 3 is 2.52 bits per heavy atom. The molecule has 2 aromatic carbocycles. The van der Waals surface area contributed by atoms with E-state index in [0.717, 1.165) is 22.3 Å². The minimum absolute atomic E-state index is 0.0355. The van der Waals surface area contributed by atoms with Gasteiger partial charge in [-0.25, -0.2) is 8.78 Å². The smallest absolute Gasteiger partial charge is 0.279 e. The van der Waals surface area contributed by atoms with Crippen molar-refractivity contribution < 1.29 is 23.0 Å². The minimum Gasteiger partial charge on any atom is -0.493 e. The second kappa shape index (κ2) is 7.71. The maximum absolute atomic E-state index is 13.4. The van der Waals surface area contributed by atoms with Gasteiger partial charge < -0.3 is 14.0 Å². The van der Waals surface area contributed by atoms with E-state index in [1.54, 1.807) is 22.8 Å². The van der Waals surface area contributed by atoms with E-state index < -0.39 is 17.5 Å². The Balaban J connectivity index is 2.18. The number of carbonyl (C=O) groups excluding carboxylic acids is 1. The second-order valence-corrected chi connectivity index (χ2v) is 6.51. The predicted octanol–water partition coefficient (Wildman–Crippen LogP) is 3.93. The van der Waals surface area contributed by atoms with Crippen LogP contribution in [0.15, 0.2) is 48.0 Å². The van der Waals surface area contributed by atoms with Crippen LogP contribution in [0.1, 0.15) is 10.4 Å². The Labute approximate surface area is 157 Å². The van der Waals surface area contributed by atoms with Crippen molar-refractivity contribution in [2.24, 2.45) is 4.99 Å². The lowest BCUT2D eigenvalue weighted by Crippen LogP contribution is -2.16. The van der Waals surface area contributed by atoms with Gasteiger partial charge in [0.1, 0.15) is 0 Å². The molecule has 0 aliphatic rings. The van der Waals surface area contributed by atoms with Crippen LogP contribution in [0.5, 0.6) is 11.5 Å². The zero-order chi connectivity index (χ0) is 19.6. The summed E-state index contributed by atoms with van der Waals surface area (Å²) >= 11 is 1.27. The van der Waals surface area contributed by atoms with Crippen LogP contribution in [-0.2, 0) is 6.54 Å². The number of amides is 1. The van der Waals surface area contributed by atoms with E-state index in [2.05, 4.69) is 11.6 Å². The number of rotatable bonds is 5. The number of halogens is 2. The van der Waals surface area contributed by atoms with Gasteiger partial charge in [0.05, 0.1) is 24.4 Å². The molecule has 1 heterocycles. The summed E-state index contributed by atoms with van der Waals surface area (Å²) in [7, 11) is 3.07. The molecule has 0 aliphatic carbocycles. The van der Waals surface area contributed by atoms with Crippen molar-refractivity contribution in [2.75, 3.05) is 14.2 Å². The van der Waals surface area contributed by atoms with Crippen LogP contribution in [-0.4, -0.2) is 24.7 Å². The van der Waals surface area contributed by atoms with Crippen molar-refractivity contribution in [3.05, 3.63) is 65.0 Å². The summed E-state index contributed by atoms with van der Waals surface area (Å²) in [6.07, 6.45) is 1.67. The van der Waals surface area contributed by atoms with Crippen LogP contribution < -0.4 is 14.3 Å². The SMILES string of the molecule is C=CCn1c(=NC(=O)c2ccc(F)c(F)c2)sc2cc(OC)c(OC)cc21. The molecule has 0 N–H and O–H groups in total. The van der Waals surface area contributed by atoms with Gasteiger partial charge in [0.2, 0.25) is 0 Å². The monoisotopic (exact) mass is 390 g/mol. The fourth-order valence-electron chi connectivity index (χ4n) is 2.57. The summed E-state index contributed by atoms with van der Waals surface area (Å²) in [5.41, 5.74) is 0.751. The Morgan fingerprint density at radius 2 is 1.89 bits per heavy atom. The lowest BCUT2D eigenvalue weighted by atomic mass is 10.2. The van der Waals surface area contributed by atoms with Crippen LogP contribution in [0, 0.1) is 11.6 Å². The molecule has 0 bridgehead atoms. The molecule has 3 aromatic rings. The van der Waals surface area contributed by atoms with Gasteiger partial charge in [-0.15, -0.1) is 6.58 Å². The molecule has 5 nitrogen and oxygen atoms in total. The summed E-state index contributed by atoms with van der Waals surface area (Å²) in [5, 5.41) is 0. The third kappa shape index (κ3) is 3.61. The number of thiazole rings is 1. The van der Waals surface area contributed by atoms with E-state index in [-0.39, 0.29) is 5.56 Å². The molecule has 0 fully saturated rings. The Hall–Kier alpha value is -3.00. The molecule has 3 rings (SSSR count). The minimum atomic E-state index is -1.10. The van der Waals surface area contributed by atoms with Gasteiger partial charge in [-0.3, -0.25) is 4.79 Å². The highest BCUT2D eigenvalue weighted by Crippen LogP contribution is 2.33. The van der Waals surface area contributed by atoms with Gasteiger partial charge in [0.25, 0.3) is 5.91 Å². The third-order valence-electron chi connectivity index (χ3n) is 3.86. The number of methoxy groups -OCH3 is 2. The second-order valence-electron chi connectivity index (χ2n) is 5.50. The lowest BCUT2D eigenvalue weighted by molar-refractivity contribution is 0.0997. The van der Waals surface area contributed by atoms with E-state index in [1.807, 2.05) is 0 Å². The van der Waals surface area contributed by atoms with Crippen LogP contribution in [0.25, 0.3) is 10.2 Å². The molecule has 140 valence electrons. The Kier molecular flexibility index (Phi) is 5.36. The van der Waals surface area contributed by atoms with Crippen LogP contribution >= 0.6 is 11.3 Å². The number of allylic oxidation sites excluding steroid dienone is 1. The van der Waals surface area contributed by atoms with Crippen LogP contribution in [0.2, 0.25) is 0 Å². The maximum Gasteiger partial charge on any atom is 0.279 e. The highest BCUT2D eigenvalue weighted by atomic mass is 32.1. The van der Waals surface area contributed by atoms with E-state index in [0.29, 0.717) is 22.8 Å². The topological polar surface area (TPSA) is 52.8 Å². The number of aromatic nitrogens is 1. The molecule has 1 amide bonds. The van der Waals surface area contributed by atoms with E-state index in [4.69, 9.17) is 9.47 Å². The lowest BCUT2D eigenvalue weighted by Gasteiger charge is -2.08. The van der Waals surface area contributed by atoms with Gasteiger partial charge in [-0.1, -0.05) is 17.4 Å². The Bertz CT molecular complexity index is 1100. The molecular formula is C19H16F2N2O3S. The standard InChI is InChI=1S/C19H16F2N2O3S/c1-4-7-23-14-9-15(25-2)16(26-3)10-17(14)27-19(23)22-18(24)11-5-6-12(20)13(21)8-11/h4-6,8-10H,1,7H2,2-3H3. The molecule has 0 aliphatic heterocycles. The number of carbonyl (C=O) groups is 1. The average molecular weight is 390 g/mol. The van der Waals surface area contributed by atoms with Crippen LogP contribution in [0.3, 0.4) is 0 Å². The van der Waals surface area contributed by atoms with Crippen molar-refractivity contribution in [3.8, 4) is 11.5 Å². The van der Waals surface area contributed by atoms with Crippen molar-refractivity contribution in [1.82, 2.24) is 4.57 Å². The molecule has 0 spiro atoms. The fourth-order valence-corrected chi connectivity index (χ4v) is 3.62. The van der Waals surface area contributed by atoms with Gasteiger partial charge in [0.15, 0.2) is 27.9 Å². The summed E-state index contributed by atoms with van der Waals surface area (Å²) in [6, 6.07) is 6.51. The summed E-state index contributed by atoms with van der Waals surface area (Å²) in [6.45, 7) is 4.13. The van der Waals surface area contributed by atoms with Crippen molar-refractivity contribution in [3.63, 3.8) is 0 Å². The third-order valence-corrected chi connectivity index (χ3v) is 4.90. The van der Waals surface area contributed by atoms with Gasteiger partial charge >= 0.3 is 0 Å². The quantitative estimate of drug-likeness (QED) is 0.621. The fraction of sp³-hybridized carbons (Fsp3) is 0.158. The van der Waals surface area contributed by atoms with E-state index in [9.17, 15) is 13.6 Å². The number of fused-ring (bicyclic) bond motifs is 1. The maximum atomic E-state index is 13.4. The summed E-state index contributed by atoms with van der Waals surface area (Å²) in [5.74, 6) is -1.69. The predicted molar refractivity (Wildman–Crippen MR) is 99.4 cm³/mol. The average Bonchev–Trinajstić information content (AvgIpc) is 2.99. The highest BCUT2D eigenvalue weighted by Gasteiger charge is 2.14. The first-order valence-corrected chi connectivity index (χ1v) is 8.70. The number of hydrogen-bond acceptors (Lipinski definition) is 4.